The number of amides is 2. The van der Waals surface area contributed by atoms with Crippen molar-refractivity contribution in [3.8, 4) is 0 Å². The number of hydrogen-bond donors (Lipinski definition) is 2. The van der Waals surface area contributed by atoms with Gasteiger partial charge in [-0.1, -0.05) is 60.7 Å². The second kappa shape index (κ2) is 10.3. The fourth-order valence-corrected chi connectivity index (χ4v) is 3.16. The smallest absolute Gasteiger partial charge is 0.407 e. The lowest BCUT2D eigenvalue weighted by Crippen LogP contribution is -2.54. The summed E-state index contributed by atoms with van der Waals surface area (Å²) in [4.78, 5) is 36.1. The fraction of sp³-hybridized carbons (Fsp3) is 0.318. The van der Waals surface area contributed by atoms with Crippen LogP contribution in [0, 0.1) is 0 Å². The van der Waals surface area contributed by atoms with E-state index in [0.717, 1.165) is 11.1 Å². The molecule has 2 N–H and O–H groups in total. The van der Waals surface area contributed by atoms with Crippen molar-refractivity contribution in [3.05, 3.63) is 71.8 Å². The molecule has 1 fully saturated rings. The van der Waals surface area contributed by atoms with Crippen LogP contribution in [0.15, 0.2) is 60.7 Å². The van der Waals surface area contributed by atoms with E-state index in [1.807, 2.05) is 60.7 Å². The SMILES string of the molecule is O=C1CCC(NC(=O)OCc2ccccc2)C(NC(=O)OCc2ccccc2)C1. The number of ether oxygens (including phenoxy) is 2. The van der Waals surface area contributed by atoms with E-state index in [4.69, 9.17) is 9.47 Å². The van der Waals surface area contributed by atoms with E-state index in [9.17, 15) is 14.4 Å². The van der Waals surface area contributed by atoms with E-state index >= 15 is 0 Å². The van der Waals surface area contributed by atoms with Crippen LogP contribution in [0.2, 0.25) is 0 Å². The highest BCUT2D eigenvalue weighted by Gasteiger charge is 2.32. The Morgan fingerprint density at radius 2 is 1.28 bits per heavy atom. The summed E-state index contributed by atoms with van der Waals surface area (Å²) in [6.07, 6.45) is -0.288. The average molecular weight is 396 g/mol. The molecule has 2 atom stereocenters. The summed E-state index contributed by atoms with van der Waals surface area (Å²) >= 11 is 0. The normalized spacial score (nSPS) is 18.6. The van der Waals surface area contributed by atoms with E-state index in [1.165, 1.54) is 0 Å². The van der Waals surface area contributed by atoms with Gasteiger partial charge in [-0.15, -0.1) is 0 Å². The minimum absolute atomic E-state index is 0.0362. The minimum atomic E-state index is -0.627. The minimum Gasteiger partial charge on any atom is -0.445 e. The Balaban J connectivity index is 1.49. The van der Waals surface area contributed by atoms with Crippen LogP contribution in [0.5, 0.6) is 0 Å². The maximum Gasteiger partial charge on any atom is 0.407 e. The molecule has 2 unspecified atom stereocenters. The molecule has 0 heterocycles. The maximum absolute atomic E-state index is 12.1. The van der Waals surface area contributed by atoms with Gasteiger partial charge in [0.1, 0.15) is 19.0 Å². The number of Topliss-reactive ketones (excluding diaryl/α,β-unsaturated/α-hetero) is 1. The number of carbonyl (C=O) groups is 3. The third kappa shape index (κ3) is 6.64. The fourth-order valence-electron chi connectivity index (χ4n) is 3.16. The molecule has 0 bridgehead atoms. The molecule has 0 aromatic heterocycles. The number of carbonyl (C=O) groups excluding carboxylic acids is 3. The molecule has 0 aliphatic heterocycles. The quantitative estimate of drug-likeness (QED) is 0.781. The molecule has 7 nitrogen and oxygen atoms in total. The first kappa shape index (κ1) is 20.4. The largest absolute Gasteiger partial charge is 0.445 e. The van der Waals surface area contributed by atoms with Gasteiger partial charge in [-0.3, -0.25) is 4.79 Å². The van der Waals surface area contributed by atoms with Crippen molar-refractivity contribution in [2.24, 2.45) is 0 Å². The molecule has 7 heteroatoms. The lowest BCUT2D eigenvalue weighted by atomic mass is 9.89. The molecule has 1 aliphatic carbocycles. The maximum atomic E-state index is 12.1. The summed E-state index contributed by atoms with van der Waals surface area (Å²) in [5.41, 5.74) is 1.74. The highest BCUT2D eigenvalue weighted by Crippen LogP contribution is 2.17. The van der Waals surface area contributed by atoms with Crippen LogP contribution in [0.4, 0.5) is 9.59 Å². The van der Waals surface area contributed by atoms with Crippen LogP contribution in [0.3, 0.4) is 0 Å². The van der Waals surface area contributed by atoms with Crippen LogP contribution in [0.25, 0.3) is 0 Å². The van der Waals surface area contributed by atoms with Gasteiger partial charge in [0, 0.05) is 12.8 Å². The van der Waals surface area contributed by atoms with Crippen molar-refractivity contribution < 1.29 is 23.9 Å². The monoisotopic (exact) mass is 396 g/mol. The zero-order valence-corrected chi connectivity index (χ0v) is 16.0. The molecule has 2 amide bonds. The summed E-state index contributed by atoms with van der Waals surface area (Å²) in [7, 11) is 0. The predicted molar refractivity (Wildman–Crippen MR) is 106 cm³/mol. The van der Waals surface area contributed by atoms with Crippen molar-refractivity contribution in [1.82, 2.24) is 10.6 Å². The summed E-state index contributed by atoms with van der Waals surface area (Å²) in [5.74, 6) is 0.0362. The number of alkyl carbamates (subject to hydrolysis) is 2. The lowest BCUT2D eigenvalue weighted by molar-refractivity contribution is -0.121. The molecule has 0 saturated heterocycles. The summed E-state index contributed by atoms with van der Waals surface area (Å²) in [5, 5.41) is 5.45. The van der Waals surface area contributed by atoms with Gasteiger partial charge in [0.2, 0.25) is 0 Å². The predicted octanol–water partition coefficient (Wildman–Crippen LogP) is 3.33. The van der Waals surface area contributed by atoms with E-state index in [-0.39, 0.29) is 25.4 Å². The van der Waals surface area contributed by atoms with Gasteiger partial charge in [-0.25, -0.2) is 9.59 Å². The number of ketones is 1. The molecule has 1 aliphatic rings. The Bertz CT molecular complexity index is 826. The number of rotatable bonds is 6. The van der Waals surface area contributed by atoms with Gasteiger partial charge in [0.25, 0.3) is 0 Å². The summed E-state index contributed by atoms with van der Waals surface area (Å²) < 4.78 is 10.5. The first-order valence-electron chi connectivity index (χ1n) is 9.56. The summed E-state index contributed by atoms with van der Waals surface area (Å²) in [6, 6.07) is 17.7. The Morgan fingerprint density at radius 3 is 1.79 bits per heavy atom. The highest BCUT2D eigenvalue weighted by molar-refractivity contribution is 5.81. The van der Waals surface area contributed by atoms with Gasteiger partial charge < -0.3 is 20.1 Å². The molecule has 2 aromatic carbocycles. The average Bonchev–Trinajstić information content (AvgIpc) is 2.74. The van der Waals surface area contributed by atoms with E-state index in [2.05, 4.69) is 10.6 Å². The highest BCUT2D eigenvalue weighted by atomic mass is 16.6. The van der Waals surface area contributed by atoms with Crippen LogP contribution >= 0.6 is 0 Å². The van der Waals surface area contributed by atoms with Crippen molar-refractivity contribution in [2.45, 2.75) is 44.6 Å². The van der Waals surface area contributed by atoms with Gasteiger partial charge in [0.05, 0.1) is 12.1 Å². The van der Waals surface area contributed by atoms with Crippen LogP contribution in [-0.2, 0) is 27.5 Å². The first-order valence-corrected chi connectivity index (χ1v) is 9.56. The molecule has 0 spiro atoms. The second-order valence-corrected chi connectivity index (χ2v) is 6.91. The topological polar surface area (TPSA) is 93.7 Å². The first-order chi connectivity index (χ1) is 14.1. The zero-order valence-electron chi connectivity index (χ0n) is 16.0. The molecule has 1 saturated carbocycles. The Kier molecular flexibility index (Phi) is 7.22. The van der Waals surface area contributed by atoms with Crippen LogP contribution in [-0.4, -0.2) is 30.1 Å². The standard InChI is InChI=1S/C22H24N2O5/c25-18-11-12-19(23-21(26)28-14-16-7-3-1-4-8-16)20(13-18)24-22(27)29-15-17-9-5-2-6-10-17/h1-10,19-20H,11-15H2,(H,23,26)(H,24,27). The van der Waals surface area contributed by atoms with Crippen molar-refractivity contribution in [1.29, 1.82) is 0 Å². The van der Waals surface area contributed by atoms with Gasteiger partial charge in [0.15, 0.2) is 0 Å². The van der Waals surface area contributed by atoms with E-state index in [1.54, 1.807) is 0 Å². The van der Waals surface area contributed by atoms with Crippen LogP contribution < -0.4 is 10.6 Å². The van der Waals surface area contributed by atoms with Gasteiger partial charge >= 0.3 is 12.2 Å². The molecule has 2 aromatic rings. The van der Waals surface area contributed by atoms with Crippen molar-refractivity contribution >= 4 is 18.0 Å². The zero-order chi connectivity index (χ0) is 20.5. The Hall–Kier alpha value is -3.35. The van der Waals surface area contributed by atoms with Crippen LogP contribution in [0.1, 0.15) is 30.4 Å². The molecule has 152 valence electrons. The van der Waals surface area contributed by atoms with Crippen molar-refractivity contribution in [3.63, 3.8) is 0 Å². The molecule has 3 rings (SSSR count). The Morgan fingerprint density at radius 1 is 0.793 bits per heavy atom. The summed E-state index contributed by atoms with van der Waals surface area (Å²) in [6.45, 7) is 0.278. The van der Waals surface area contributed by atoms with E-state index in [0.29, 0.717) is 12.8 Å². The van der Waals surface area contributed by atoms with E-state index < -0.39 is 24.3 Å². The number of nitrogens with one attached hydrogen (secondary N) is 2. The third-order valence-corrected chi connectivity index (χ3v) is 4.70. The van der Waals surface area contributed by atoms with Crippen molar-refractivity contribution in [2.75, 3.05) is 0 Å². The second-order valence-electron chi connectivity index (χ2n) is 6.91. The molecule has 0 radical (unpaired) electrons. The number of hydrogen-bond acceptors (Lipinski definition) is 5. The molecular formula is C22H24N2O5. The third-order valence-electron chi connectivity index (χ3n) is 4.70. The number of benzene rings is 2. The molecular weight excluding hydrogens is 372 g/mol. The Labute approximate surface area is 169 Å². The molecule has 29 heavy (non-hydrogen) atoms. The lowest BCUT2D eigenvalue weighted by Gasteiger charge is -2.31. The van der Waals surface area contributed by atoms with Gasteiger partial charge in [-0.2, -0.15) is 0 Å². The van der Waals surface area contributed by atoms with Gasteiger partial charge in [-0.05, 0) is 17.5 Å².